The molecule has 1 aliphatic heterocycles. The average molecular weight is 175 g/mol. The van der Waals surface area contributed by atoms with Gasteiger partial charge in [-0.05, 0) is 24.3 Å². The highest BCUT2D eigenvalue weighted by Gasteiger charge is 2.19. The van der Waals surface area contributed by atoms with Gasteiger partial charge in [-0.1, -0.05) is 0 Å². The molecule has 0 fully saturated rings. The Hall–Kier alpha value is -1.97. The maximum absolute atomic E-state index is 10.9. The number of hydrogen-bond acceptors (Lipinski definition) is 3. The minimum atomic E-state index is -1.08. The van der Waals surface area contributed by atoms with E-state index in [1.54, 1.807) is 0 Å². The lowest BCUT2D eigenvalue weighted by Crippen LogP contribution is -2.02. The zero-order valence-electron chi connectivity index (χ0n) is 6.52. The molecule has 0 saturated carbocycles. The second-order valence-electron chi connectivity index (χ2n) is 2.67. The molecule has 2 rings (SSSR count). The fourth-order valence-corrected chi connectivity index (χ4v) is 1.17. The van der Waals surface area contributed by atoms with E-state index in [2.05, 4.69) is 4.99 Å². The Kier molecular flexibility index (Phi) is 1.48. The van der Waals surface area contributed by atoms with Crippen molar-refractivity contribution in [1.82, 2.24) is 0 Å². The predicted molar refractivity (Wildman–Crippen MR) is 45.4 cm³/mol. The van der Waals surface area contributed by atoms with E-state index in [0.29, 0.717) is 11.3 Å². The Morgan fingerprint density at radius 3 is 2.77 bits per heavy atom. The minimum absolute atomic E-state index is 0.0272. The number of aliphatic imine (C=N–C) groups is 1. The van der Waals surface area contributed by atoms with E-state index in [1.807, 2.05) is 0 Å². The Bertz CT molecular complexity index is 424. The number of carbonyl (C=O) groups is 2. The number of ketones is 1. The van der Waals surface area contributed by atoms with E-state index in [-0.39, 0.29) is 11.5 Å². The molecule has 2 aliphatic rings. The molecule has 0 bridgehead atoms. The molecule has 64 valence electrons. The van der Waals surface area contributed by atoms with Crippen molar-refractivity contribution < 1.29 is 14.7 Å². The predicted octanol–water partition coefficient (Wildman–Crippen LogP) is 0.475. The monoisotopic (exact) mass is 175 g/mol. The molecule has 0 radical (unpaired) electrons. The number of nitrogens with zero attached hydrogens (tertiary/aromatic N) is 1. The first kappa shape index (κ1) is 7.67. The quantitative estimate of drug-likeness (QED) is 0.589. The van der Waals surface area contributed by atoms with Gasteiger partial charge in [0.1, 0.15) is 5.70 Å². The summed E-state index contributed by atoms with van der Waals surface area (Å²) >= 11 is 0. The van der Waals surface area contributed by atoms with E-state index >= 15 is 0 Å². The summed E-state index contributed by atoms with van der Waals surface area (Å²) in [7, 11) is 0. The smallest absolute Gasteiger partial charge is 0.354 e. The van der Waals surface area contributed by atoms with Gasteiger partial charge in [-0.3, -0.25) is 4.79 Å². The van der Waals surface area contributed by atoms with Gasteiger partial charge in [0.15, 0.2) is 5.78 Å². The van der Waals surface area contributed by atoms with Crippen molar-refractivity contribution >= 4 is 17.5 Å². The van der Waals surface area contributed by atoms with Gasteiger partial charge in [0.05, 0.1) is 5.71 Å². The Labute approximate surface area is 73.6 Å². The number of carboxylic acids is 1. The third-order valence-electron chi connectivity index (χ3n) is 1.75. The van der Waals surface area contributed by atoms with E-state index in [1.165, 1.54) is 24.3 Å². The van der Waals surface area contributed by atoms with Crippen LogP contribution < -0.4 is 0 Å². The van der Waals surface area contributed by atoms with E-state index < -0.39 is 5.97 Å². The zero-order valence-corrected chi connectivity index (χ0v) is 6.52. The molecule has 0 spiro atoms. The van der Waals surface area contributed by atoms with Crippen LogP contribution in [0.2, 0.25) is 0 Å². The first-order valence-electron chi connectivity index (χ1n) is 3.64. The van der Waals surface area contributed by atoms with Crippen LogP contribution in [-0.4, -0.2) is 22.6 Å². The summed E-state index contributed by atoms with van der Waals surface area (Å²) in [4.78, 5) is 25.2. The number of fused-ring (bicyclic) bond motifs is 1. The molecule has 0 aromatic rings. The minimum Gasteiger partial charge on any atom is -0.477 e. The van der Waals surface area contributed by atoms with Crippen LogP contribution in [0.4, 0.5) is 0 Å². The van der Waals surface area contributed by atoms with E-state index in [4.69, 9.17) is 5.11 Å². The lowest BCUT2D eigenvalue weighted by Gasteiger charge is -1.98. The Morgan fingerprint density at radius 2 is 2.08 bits per heavy atom. The molecule has 4 nitrogen and oxygen atoms in total. The summed E-state index contributed by atoms with van der Waals surface area (Å²) < 4.78 is 0. The summed E-state index contributed by atoms with van der Waals surface area (Å²) in [6.45, 7) is 0. The van der Waals surface area contributed by atoms with Gasteiger partial charge in [0.25, 0.3) is 0 Å². The van der Waals surface area contributed by atoms with Crippen molar-refractivity contribution in [3.63, 3.8) is 0 Å². The molecule has 4 heteroatoms. The lowest BCUT2D eigenvalue weighted by atomic mass is 10.0. The van der Waals surface area contributed by atoms with Crippen LogP contribution in [-0.2, 0) is 9.59 Å². The second-order valence-corrected chi connectivity index (χ2v) is 2.67. The van der Waals surface area contributed by atoms with Gasteiger partial charge in [-0.2, -0.15) is 0 Å². The number of aliphatic carboxylic acids is 1. The van der Waals surface area contributed by atoms with Gasteiger partial charge >= 0.3 is 5.97 Å². The van der Waals surface area contributed by atoms with Crippen molar-refractivity contribution in [2.75, 3.05) is 0 Å². The standard InChI is InChI=1S/C9H5NO3/c11-6-1-2-7-5(3-6)4-8(10-7)9(12)13/h1-4H,(H,12,13). The largest absolute Gasteiger partial charge is 0.477 e. The number of rotatable bonds is 1. The highest BCUT2D eigenvalue weighted by atomic mass is 16.4. The van der Waals surface area contributed by atoms with Crippen LogP contribution in [0.1, 0.15) is 0 Å². The number of hydrogen-bond donors (Lipinski definition) is 1. The fourth-order valence-electron chi connectivity index (χ4n) is 1.17. The van der Waals surface area contributed by atoms with Crippen molar-refractivity contribution in [1.29, 1.82) is 0 Å². The zero-order chi connectivity index (χ0) is 9.42. The van der Waals surface area contributed by atoms with Gasteiger partial charge in [0.2, 0.25) is 0 Å². The first-order valence-corrected chi connectivity index (χ1v) is 3.64. The number of allylic oxidation sites excluding steroid dienone is 5. The maximum atomic E-state index is 10.9. The van der Waals surface area contributed by atoms with Crippen LogP contribution in [0.3, 0.4) is 0 Å². The highest BCUT2D eigenvalue weighted by molar-refractivity contribution is 6.23. The third kappa shape index (κ3) is 1.22. The van der Waals surface area contributed by atoms with Gasteiger partial charge in [0, 0.05) is 5.57 Å². The lowest BCUT2D eigenvalue weighted by molar-refractivity contribution is -0.132. The first-order chi connectivity index (χ1) is 6.16. The summed E-state index contributed by atoms with van der Waals surface area (Å²) in [5.41, 5.74) is 1.09. The summed E-state index contributed by atoms with van der Waals surface area (Å²) in [6.07, 6.45) is 5.64. The molecule has 0 saturated heterocycles. The van der Waals surface area contributed by atoms with Crippen molar-refractivity contribution in [2.45, 2.75) is 0 Å². The highest BCUT2D eigenvalue weighted by Crippen LogP contribution is 2.19. The molecular formula is C9H5NO3. The molecule has 1 heterocycles. The van der Waals surface area contributed by atoms with Gasteiger partial charge < -0.3 is 5.11 Å². The average Bonchev–Trinajstić information content (AvgIpc) is 2.46. The van der Waals surface area contributed by atoms with Crippen molar-refractivity contribution in [3.05, 3.63) is 35.6 Å². The molecule has 0 aromatic carbocycles. The molecule has 0 atom stereocenters. The van der Waals surface area contributed by atoms with E-state index in [0.717, 1.165) is 0 Å². The molecular weight excluding hydrogens is 170 g/mol. The summed E-state index contributed by atoms with van der Waals surface area (Å²) in [5.74, 6) is -1.22. The topological polar surface area (TPSA) is 66.7 Å². The number of carboxylic acid groups (broad SMARTS) is 1. The summed E-state index contributed by atoms with van der Waals surface area (Å²) in [5, 5.41) is 8.61. The molecule has 1 aliphatic carbocycles. The molecule has 13 heavy (non-hydrogen) atoms. The Balaban J connectivity index is 2.45. The normalized spacial score (nSPS) is 19.1. The molecule has 0 amide bonds. The van der Waals surface area contributed by atoms with Crippen LogP contribution in [0.5, 0.6) is 0 Å². The van der Waals surface area contributed by atoms with Crippen LogP contribution in [0, 0.1) is 0 Å². The molecule has 1 N–H and O–H groups in total. The van der Waals surface area contributed by atoms with Crippen LogP contribution in [0.25, 0.3) is 0 Å². The molecule has 0 aromatic heterocycles. The third-order valence-corrected chi connectivity index (χ3v) is 1.75. The summed E-state index contributed by atoms with van der Waals surface area (Å²) in [6, 6.07) is 0. The van der Waals surface area contributed by atoms with Gasteiger partial charge in [-0.25, -0.2) is 9.79 Å². The van der Waals surface area contributed by atoms with Crippen LogP contribution >= 0.6 is 0 Å². The second kappa shape index (κ2) is 2.52. The SMILES string of the molecule is O=C1C=CC2=NC(C(=O)O)=CC2=C1. The van der Waals surface area contributed by atoms with Gasteiger partial charge in [-0.15, -0.1) is 0 Å². The molecule has 0 unspecified atom stereocenters. The van der Waals surface area contributed by atoms with Crippen molar-refractivity contribution in [3.8, 4) is 0 Å². The Morgan fingerprint density at radius 1 is 1.31 bits per heavy atom. The van der Waals surface area contributed by atoms with E-state index in [9.17, 15) is 9.59 Å². The fraction of sp³-hybridized carbons (Fsp3) is 0. The number of carbonyl (C=O) groups excluding carboxylic acids is 1. The van der Waals surface area contributed by atoms with Crippen LogP contribution in [0.15, 0.2) is 40.6 Å². The maximum Gasteiger partial charge on any atom is 0.354 e. The van der Waals surface area contributed by atoms with Crippen molar-refractivity contribution in [2.24, 2.45) is 4.99 Å².